The van der Waals surface area contributed by atoms with Crippen LogP contribution in [0.4, 0.5) is 10.1 Å². The zero-order valence-corrected chi connectivity index (χ0v) is 12.5. The number of benzene rings is 1. The minimum atomic E-state index is -4.27. The molecule has 0 aromatic heterocycles. The number of sulfone groups is 1. The third-order valence-electron chi connectivity index (χ3n) is 1.88. The van der Waals surface area contributed by atoms with Gasteiger partial charge in [-0.15, -0.1) is 0 Å². The summed E-state index contributed by atoms with van der Waals surface area (Å²) in [6.45, 7) is 0. The Morgan fingerprint density at radius 2 is 1.70 bits per heavy atom. The van der Waals surface area contributed by atoms with Crippen LogP contribution < -0.4 is 9.86 Å². The van der Waals surface area contributed by atoms with Crippen molar-refractivity contribution in [2.24, 2.45) is 5.14 Å². The van der Waals surface area contributed by atoms with Crippen LogP contribution in [0.1, 0.15) is 0 Å². The van der Waals surface area contributed by atoms with Crippen LogP contribution in [0.15, 0.2) is 23.1 Å². The lowest BCUT2D eigenvalue weighted by Crippen LogP contribution is -2.22. The number of hydrogen-bond donors (Lipinski definition) is 2. The van der Waals surface area contributed by atoms with E-state index in [1.54, 1.807) is 0 Å². The van der Waals surface area contributed by atoms with Gasteiger partial charge in [-0.25, -0.2) is 34.8 Å². The third kappa shape index (κ3) is 5.03. The monoisotopic (exact) mass is 346 g/mol. The fourth-order valence-corrected chi connectivity index (χ4v) is 4.85. The summed E-state index contributed by atoms with van der Waals surface area (Å²) in [5.41, 5.74) is -0.321. The van der Waals surface area contributed by atoms with Crippen LogP contribution in [0, 0.1) is 5.82 Å². The zero-order chi connectivity index (χ0) is 15.8. The molecule has 0 aliphatic carbocycles. The van der Waals surface area contributed by atoms with Crippen LogP contribution in [0.25, 0.3) is 0 Å². The van der Waals surface area contributed by atoms with Crippen molar-refractivity contribution < 1.29 is 29.6 Å². The molecule has 1 aromatic rings. The van der Waals surface area contributed by atoms with Crippen molar-refractivity contribution >= 4 is 35.6 Å². The third-order valence-corrected chi connectivity index (χ3v) is 6.33. The number of anilines is 1. The van der Waals surface area contributed by atoms with Gasteiger partial charge in [-0.1, -0.05) is 0 Å². The first-order valence-electron chi connectivity index (χ1n) is 4.81. The van der Waals surface area contributed by atoms with E-state index in [-0.39, 0.29) is 5.69 Å². The first kappa shape index (κ1) is 16.8. The van der Waals surface area contributed by atoms with E-state index in [1.165, 1.54) is 0 Å². The minimum Gasteiger partial charge on any atom is -0.283 e. The summed E-state index contributed by atoms with van der Waals surface area (Å²) in [4.78, 5) is -0.802. The largest absolute Gasteiger partial charge is 0.283 e. The maximum atomic E-state index is 13.4. The van der Waals surface area contributed by atoms with Crippen molar-refractivity contribution in [2.75, 3.05) is 16.1 Å². The lowest BCUT2D eigenvalue weighted by Gasteiger charge is -2.08. The Labute approximate surface area is 115 Å². The summed E-state index contributed by atoms with van der Waals surface area (Å²) in [7, 11) is -12.3. The summed E-state index contributed by atoms with van der Waals surface area (Å²) < 4.78 is 81.9. The maximum absolute atomic E-state index is 13.4. The lowest BCUT2D eigenvalue weighted by molar-refractivity contribution is 0.568. The molecule has 1 aromatic carbocycles. The Morgan fingerprint density at radius 1 is 1.15 bits per heavy atom. The molecule has 0 heterocycles. The van der Waals surface area contributed by atoms with Gasteiger partial charge in [0.1, 0.15) is 10.7 Å². The van der Waals surface area contributed by atoms with E-state index in [9.17, 15) is 29.6 Å². The van der Waals surface area contributed by atoms with Crippen LogP contribution in [-0.4, -0.2) is 36.6 Å². The van der Waals surface area contributed by atoms with E-state index in [0.717, 1.165) is 18.4 Å². The summed E-state index contributed by atoms with van der Waals surface area (Å²) >= 11 is 0. The van der Waals surface area contributed by atoms with Crippen molar-refractivity contribution in [1.29, 1.82) is 0 Å². The molecule has 0 amide bonds. The summed E-state index contributed by atoms with van der Waals surface area (Å²) in [6, 6.07) is 2.30. The standard InChI is InChI=1S/C8H11FN2O6S3/c1-18(12,13)5-19(14,15)11-6-2-3-8(7(9)4-6)20(10,16)17/h2-4,11H,5H2,1H3,(H2,10,16,17). The fourth-order valence-electron chi connectivity index (χ4n) is 1.29. The number of rotatable bonds is 5. The predicted octanol–water partition coefficient (Wildman–Crippen LogP) is -0.783. The SMILES string of the molecule is CS(=O)(=O)CS(=O)(=O)Nc1ccc(S(N)(=O)=O)c(F)c1. The van der Waals surface area contributed by atoms with Crippen LogP contribution in [0.5, 0.6) is 0 Å². The summed E-state index contributed by atoms with van der Waals surface area (Å²) in [5.74, 6) is -1.26. The molecule has 8 nitrogen and oxygen atoms in total. The summed E-state index contributed by atoms with van der Waals surface area (Å²) in [6.07, 6.45) is 0.719. The Morgan fingerprint density at radius 3 is 2.10 bits per heavy atom. The Bertz CT molecular complexity index is 829. The number of primary sulfonamides is 1. The number of hydrogen-bond acceptors (Lipinski definition) is 6. The second-order valence-electron chi connectivity index (χ2n) is 3.95. The van der Waals surface area contributed by atoms with Gasteiger partial charge in [0.15, 0.2) is 14.9 Å². The molecule has 0 bridgehead atoms. The van der Waals surface area contributed by atoms with E-state index in [4.69, 9.17) is 5.14 Å². The Balaban J connectivity index is 3.11. The second kappa shape index (κ2) is 5.27. The second-order valence-corrected chi connectivity index (χ2v) is 9.71. The highest BCUT2D eigenvalue weighted by molar-refractivity contribution is 8.08. The van der Waals surface area contributed by atoms with Crippen LogP contribution in [-0.2, 0) is 29.9 Å². The average Bonchev–Trinajstić information content (AvgIpc) is 2.09. The molecule has 1 rings (SSSR count). The number of nitrogens with two attached hydrogens (primary N) is 1. The highest BCUT2D eigenvalue weighted by Gasteiger charge is 2.20. The molecule has 114 valence electrons. The molecule has 3 N–H and O–H groups in total. The fraction of sp³-hybridized carbons (Fsp3) is 0.250. The van der Waals surface area contributed by atoms with Crippen LogP contribution in [0.2, 0.25) is 0 Å². The molecular formula is C8H11FN2O6S3. The average molecular weight is 346 g/mol. The Kier molecular flexibility index (Phi) is 4.43. The van der Waals surface area contributed by atoms with Gasteiger partial charge < -0.3 is 0 Å². The zero-order valence-electron chi connectivity index (χ0n) is 10.1. The van der Waals surface area contributed by atoms with Gasteiger partial charge in [0.25, 0.3) is 0 Å². The highest BCUT2D eigenvalue weighted by Crippen LogP contribution is 2.19. The lowest BCUT2D eigenvalue weighted by atomic mass is 10.3. The molecule has 20 heavy (non-hydrogen) atoms. The van der Waals surface area contributed by atoms with E-state index in [1.807, 2.05) is 4.72 Å². The quantitative estimate of drug-likeness (QED) is 0.716. The summed E-state index contributed by atoms with van der Waals surface area (Å²) in [5, 5.41) is 3.55. The predicted molar refractivity (Wildman–Crippen MR) is 70.0 cm³/mol. The van der Waals surface area contributed by atoms with Crippen molar-refractivity contribution in [3.63, 3.8) is 0 Å². The number of nitrogens with one attached hydrogen (secondary N) is 1. The van der Waals surface area contributed by atoms with Gasteiger partial charge in [-0.05, 0) is 18.2 Å². The van der Waals surface area contributed by atoms with E-state index < -0.39 is 45.7 Å². The minimum absolute atomic E-state index is 0.321. The molecule has 0 saturated heterocycles. The first-order valence-corrected chi connectivity index (χ1v) is 10.1. The van der Waals surface area contributed by atoms with Crippen molar-refractivity contribution in [3.8, 4) is 0 Å². The number of sulfonamides is 2. The van der Waals surface area contributed by atoms with Gasteiger partial charge in [0.05, 0.1) is 5.69 Å². The van der Waals surface area contributed by atoms with E-state index in [0.29, 0.717) is 6.07 Å². The normalized spacial score (nSPS) is 13.2. The first-order chi connectivity index (χ1) is 8.80. The van der Waals surface area contributed by atoms with Crippen molar-refractivity contribution in [1.82, 2.24) is 0 Å². The topological polar surface area (TPSA) is 140 Å². The van der Waals surface area contributed by atoms with Crippen LogP contribution >= 0.6 is 0 Å². The molecule has 12 heteroatoms. The molecule has 0 spiro atoms. The smallest absolute Gasteiger partial charge is 0.247 e. The molecule has 0 radical (unpaired) electrons. The van der Waals surface area contributed by atoms with Gasteiger partial charge in [-0.3, -0.25) is 4.72 Å². The van der Waals surface area contributed by atoms with Gasteiger partial charge in [0.2, 0.25) is 20.0 Å². The Hall–Kier alpha value is -1.24. The molecule has 0 fully saturated rings. The van der Waals surface area contributed by atoms with E-state index >= 15 is 0 Å². The molecule has 0 unspecified atom stereocenters. The van der Waals surface area contributed by atoms with Crippen molar-refractivity contribution in [3.05, 3.63) is 24.0 Å². The van der Waals surface area contributed by atoms with E-state index in [2.05, 4.69) is 0 Å². The molecule has 0 aliphatic heterocycles. The number of halogens is 1. The molecular weight excluding hydrogens is 335 g/mol. The maximum Gasteiger partial charge on any atom is 0.247 e. The van der Waals surface area contributed by atoms with Gasteiger partial charge >= 0.3 is 0 Å². The van der Waals surface area contributed by atoms with Gasteiger partial charge in [0, 0.05) is 6.26 Å². The van der Waals surface area contributed by atoms with Gasteiger partial charge in [-0.2, -0.15) is 0 Å². The molecule has 0 saturated carbocycles. The highest BCUT2D eigenvalue weighted by atomic mass is 32.3. The van der Waals surface area contributed by atoms with Crippen molar-refractivity contribution in [2.45, 2.75) is 4.90 Å². The van der Waals surface area contributed by atoms with Crippen LogP contribution in [0.3, 0.4) is 0 Å². The molecule has 0 aliphatic rings. The molecule has 0 atom stereocenters.